The lowest BCUT2D eigenvalue weighted by molar-refractivity contribution is 0.190. The molecule has 1 aliphatic heterocycles. The van der Waals surface area contributed by atoms with Crippen LogP contribution in [0.4, 0.5) is 0 Å². The Balaban J connectivity index is 1.73. The Hall–Kier alpha value is -0.0900. The van der Waals surface area contributed by atoms with Crippen molar-refractivity contribution in [2.24, 2.45) is 0 Å². The second kappa shape index (κ2) is 7.63. The zero-order valence-corrected chi connectivity index (χ0v) is 13.6. The van der Waals surface area contributed by atoms with E-state index in [1.807, 2.05) is 6.07 Å². The molecule has 1 unspecified atom stereocenters. The molecule has 19 heavy (non-hydrogen) atoms. The Morgan fingerprint density at radius 2 is 2.16 bits per heavy atom. The molecule has 2 rings (SSSR count). The Kier molecular flexibility index (Phi) is 6.14. The Morgan fingerprint density at radius 3 is 2.74 bits per heavy atom. The van der Waals surface area contributed by atoms with Crippen molar-refractivity contribution in [2.45, 2.75) is 51.6 Å². The third kappa shape index (κ3) is 4.75. The van der Waals surface area contributed by atoms with E-state index in [-0.39, 0.29) is 0 Å². The minimum atomic E-state index is 0.421. The van der Waals surface area contributed by atoms with Crippen LogP contribution in [0.15, 0.2) is 12.1 Å². The van der Waals surface area contributed by atoms with Gasteiger partial charge in [-0.25, -0.2) is 0 Å². The number of thiophene rings is 1. The number of nitrogens with zero attached hydrogens (tertiary/aromatic N) is 1. The van der Waals surface area contributed by atoms with Gasteiger partial charge in [0.1, 0.15) is 0 Å². The second-order valence-corrected chi connectivity index (χ2v) is 7.25. The molecule has 1 saturated heterocycles. The van der Waals surface area contributed by atoms with Gasteiger partial charge in [0.2, 0.25) is 0 Å². The first-order valence-electron chi connectivity index (χ1n) is 7.42. The molecule has 1 fully saturated rings. The molecule has 2 heterocycles. The standard InChI is InChI=1S/C15H25ClN2S/c1-3-4-9-18-10-7-13(8-11-18)17-12(2)14-5-6-15(16)19-14/h5-6,12-13,17H,3-4,7-11H2,1-2H3. The lowest BCUT2D eigenvalue weighted by atomic mass is 10.0. The SMILES string of the molecule is CCCCN1CCC(NC(C)c2ccc(Cl)s2)CC1. The van der Waals surface area contributed by atoms with Crippen LogP contribution in [0.1, 0.15) is 50.4 Å². The van der Waals surface area contributed by atoms with Crippen LogP contribution in [0.25, 0.3) is 0 Å². The third-order valence-corrected chi connectivity index (χ3v) is 5.34. The van der Waals surface area contributed by atoms with Crippen LogP contribution in [-0.4, -0.2) is 30.6 Å². The van der Waals surface area contributed by atoms with Crippen molar-refractivity contribution in [1.29, 1.82) is 0 Å². The van der Waals surface area contributed by atoms with Gasteiger partial charge in [0, 0.05) is 17.0 Å². The summed E-state index contributed by atoms with van der Waals surface area (Å²) in [5, 5.41) is 3.75. The summed E-state index contributed by atoms with van der Waals surface area (Å²) in [7, 11) is 0. The molecular formula is C15H25ClN2S. The molecule has 0 aliphatic carbocycles. The van der Waals surface area contributed by atoms with Crippen molar-refractivity contribution >= 4 is 22.9 Å². The van der Waals surface area contributed by atoms with Crippen molar-refractivity contribution in [2.75, 3.05) is 19.6 Å². The predicted octanol–water partition coefficient (Wildman–Crippen LogP) is 4.32. The van der Waals surface area contributed by atoms with Gasteiger partial charge in [-0.2, -0.15) is 0 Å². The van der Waals surface area contributed by atoms with E-state index in [4.69, 9.17) is 11.6 Å². The number of rotatable bonds is 6. The first-order chi connectivity index (χ1) is 9.19. The topological polar surface area (TPSA) is 15.3 Å². The molecule has 0 spiro atoms. The molecule has 1 N–H and O–H groups in total. The molecule has 1 aliphatic rings. The van der Waals surface area contributed by atoms with Crippen molar-refractivity contribution in [3.63, 3.8) is 0 Å². The van der Waals surface area contributed by atoms with Crippen LogP contribution < -0.4 is 5.32 Å². The normalized spacial score (nSPS) is 19.7. The van der Waals surface area contributed by atoms with E-state index < -0.39 is 0 Å². The summed E-state index contributed by atoms with van der Waals surface area (Å²) in [5.41, 5.74) is 0. The fourth-order valence-electron chi connectivity index (χ4n) is 2.70. The Bertz CT molecular complexity index is 372. The fourth-order valence-corrected chi connectivity index (χ4v) is 3.77. The van der Waals surface area contributed by atoms with Crippen LogP contribution in [0.5, 0.6) is 0 Å². The highest BCUT2D eigenvalue weighted by atomic mass is 35.5. The molecule has 2 nitrogen and oxygen atoms in total. The molecule has 0 saturated carbocycles. The average molecular weight is 301 g/mol. The lowest BCUT2D eigenvalue weighted by Crippen LogP contribution is -2.43. The zero-order valence-electron chi connectivity index (χ0n) is 12.0. The molecule has 0 bridgehead atoms. The van der Waals surface area contributed by atoms with Gasteiger partial charge in [-0.05, 0) is 58.0 Å². The first-order valence-corrected chi connectivity index (χ1v) is 8.62. The minimum absolute atomic E-state index is 0.421. The fraction of sp³-hybridized carbons (Fsp3) is 0.733. The van der Waals surface area contributed by atoms with Crippen LogP contribution in [-0.2, 0) is 0 Å². The maximum Gasteiger partial charge on any atom is 0.0931 e. The smallest absolute Gasteiger partial charge is 0.0931 e. The number of hydrogen-bond donors (Lipinski definition) is 1. The van der Waals surface area contributed by atoms with Crippen LogP contribution >= 0.6 is 22.9 Å². The van der Waals surface area contributed by atoms with Gasteiger partial charge in [-0.15, -0.1) is 11.3 Å². The third-order valence-electron chi connectivity index (χ3n) is 3.92. The molecule has 4 heteroatoms. The van der Waals surface area contributed by atoms with Crippen molar-refractivity contribution in [1.82, 2.24) is 10.2 Å². The number of unbranched alkanes of at least 4 members (excludes halogenated alkanes) is 1. The second-order valence-electron chi connectivity index (χ2n) is 5.50. The van der Waals surface area contributed by atoms with Crippen molar-refractivity contribution in [3.8, 4) is 0 Å². The monoisotopic (exact) mass is 300 g/mol. The van der Waals surface area contributed by atoms with Crippen LogP contribution in [0.2, 0.25) is 4.34 Å². The maximum atomic E-state index is 6.00. The summed E-state index contributed by atoms with van der Waals surface area (Å²) in [6, 6.07) is 5.21. The van der Waals surface area contributed by atoms with Crippen LogP contribution in [0, 0.1) is 0 Å². The highest BCUT2D eigenvalue weighted by Gasteiger charge is 2.20. The lowest BCUT2D eigenvalue weighted by Gasteiger charge is -2.33. The van der Waals surface area contributed by atoms with E-state index in [0.29, 0.717) is 12.1 Å². The quantitative estimate of drug-likeness (QED) is 0.842. The molecule has 0 amide bonds. The van der Waals surface area contributed by atoms with Gasteiger partial charge in [0.05, 0.1) is 4.34 Å². The van der Waals surface area contributed by atoms with E-state index in [1.165, 1.54) is 50.2 Å². The van der Waals surface area contributed by atoms with Gasteiger partial charge in [-0.3, -0.25) is 0 Å². The van der Waals surface area contributed by atoms with E-state index in [0.717, 1.165) is 4.34 Å². The van der Waals surface area contributed by atoms with Gasteiger partial charge in [-0.1, -0.05) is 24.9 Å². The largest absolute Gasteiger partial charge is 0.307 e. The minimum Gasteiger partial charge on any atom is -0.307 e. The molecule has 0 radical (unpaired) electrons. The van der Waals surface area contributed by atoms with Gasteiger partial charge in [0.15, 0.2) is 0 Å². The van der Waals surface area contributed by atoms with Crippen molar-refractivity contribution < 1.29 is 0 Å². The summed E-state index contributed by atoms with van der Waals surface area (Å²) >= 11 is 7.69. The molecule has 0 aromatic carbocycles. The molecule has 1 atom stereocenters. The number of nitrogens with one attached hydrogen (secondary N) is 1. The van der Waals surface area contributed by atoms with E-state index in [9.17, 15) is 0 Å². The molecule has 1 aromatic rings. The Morgan fingerprint density at radius 1 is 1.42 bits per heavy atom. The van der Waals surface area contributed by atoms with Gasteiger partial charge in [0.25, 0.3) is 0 Å². The summed E-state index contributed by atoms with van der Waals surface area (Å²) in [6.07, 6.45) is 5.18. The summed E-state index contributed by atoms with van der Waals surface area (Å²) in [5.74, 6) is 0. The number of likely N-dealkylation sites (tertiary alicyclic amines) is 1. The molecule has 108 valence electrons. The summed E-state index contributed by atoms with van der Waals surface area (Å²) < 4.78 is 0.887. The van der Waals surface area contributed by atoms with E-state index in [2.05, 4.69) is 30.1 Å². The first kappa shape index (κ1) is 15.3. The summed E-state index contributed by atoms with van der Waals surface area (Å²) in [4.78, 5) is 3.95. The molecule has 1 aromatic heterocycles. The van der Waals surface area contributed by atoms with E-state index >= 15 is 0 Å². The number of piperidine rings is 1. The number of halogens is 1. The predicted molar refractivity (Wildman–Crippen MR) is 85.2 cm³/mol. The number of hydrogen-bond acceptors (Lipinski definition) is 3. The average Bonchev–Trinajstić information content (AvgIpc) is 2.85. The summed E-state index contributed by atoms with van der Waals surface area (Å²) in [6.45, 7) is 8.28. The van der Waals surface area contributed by atoms with Gasteiger partial charge >= 0.3 is 0 Å². The molecular weight excluding hydrogens is 276 g/mol. The van der Waals surface area contributed by atoms with Crippen molar-refractivity contribution in [3.05, 3.63) is 21.3 Å². The highest BCUT2D eigenvalue weighted by molar-refractivity contribution is 7.16. The van der Waals surface area contributed by atoms with Gasteiger partial charge < -0.3 is 10.2 Å². The maximum absolute atomic E-state index is 6.00. The van der Waals surface area contributed by atoms with Crippen LogP contribution in [0.3, 0.4) is 0 Å². The Labute approximate surface area is 126 Å². The highest BCUT2D eigenvalue weighted by Crippen LogP contribution is 2.27. The van der Waals surface area contributed by atoms with E-state index in [1.54, 1.807) is 11.3 Å². The zero-order chi connectivity index (χ0) is 13.7.